The van der Waals surface area contributed by atoms with Crippen LogP contribution in [0.2, 0.25) is 0 Å². The number of anilines is 1. The first-order valence-electron chi connectivity index (χ1n) is 7.48. The van der Waals surface area contributed by atoms with E-state index < -0.39 is 0 Å². The molecular formula is C18H15BrFN3O2. The Bertz CT molecular complexity index is 894. The van der Waals surface area contributed by atoms with Crippen molar-refractivity contribution in [1.82, 2.24) is 9.78 Å². The lowest BCUT2D eigenvalue weighted by Gasteiger charge is -2.05. The molecule has 7 heteroatoms. The number of halogens is 2. The third-order valence-corrected chi connectivity index (χ3v) is 4.12. The van der Waals surface area contributed by atoms with Crippen molar-refractivity contribution < 1.29 is 13.9 Å². The number of amides is 1. The molecule has 0 fully saturated rings. The minimum absolute atomic E-state index is 0.281. The molecule has 25 heavy (non-hydrogen) atoms. The Labute approximate surface area is 152 Å². The smallest absolute Gasteiger partial charge is 0.257 e. The monoisotopic (exact) mass is 403 g/mol. The van der Waals surface area contributed by atoms with E-state index in [0.29, 0.717) is 28.1 Å². The number of nitrogens with one attached hydrogen (secondary N) is 1. The van der Waals surface area contributed by atoms with E-state index >= 15 is 0 Å². The highest BCUT2D eigenvalue weighted by Gasteiger charge is 2.13. The number of benzene rings is 2. The third kappa shape index (κ3) is 4.24. The fourth-order valence-electron chi connectivity index (χ4n) is 2.28. The average molecular weight is 404 g/mol. The van der Waals surface area contributed by atoms with Gasteiger partial charge in [0.1, 0.15) is 11.6 Å². The normalized spacial score (nSPS) is 10.5. The molecule has 5 nitrogen and oxygen atoms in total. The Hall–Kier alpha value is -2.67. The number of carbonyl (C=O) groups is 1. The standard InChI is InChI=1S/C18H15BrFN3O2/c1-25-15-4-2-3-13(9-15)18(24)21-17-16(19)11-23(22-17)10-12-5-7-14(20)8-6-12/h2-9,11H,10H2,1H3,(H,21,22,24). The maximum Gasteiger partial charge on any atom is 0.257 e. The van der Waals surface area contributed by atoms with Gasteiger partial charge in [0.2, 0.25) is 0 Å². The lowest BCUT2D eigenvalue weighted by Crippen LogP contribution is -2.13. The van der Waals surface area contributed by atoms with Gasteiger partial charge in [0.25, 0.3) is 5.91 Å². The first kappa shape index (κ1) is 17.2. The molecule has 3 aromatic rings. The number of rotatable bonds is 5. The van der Waals surface area contributed by atoms with Crippen molar-refractivity contribution in [2.75, 3.05) is 12.4 Å². The van der Waals surface area contributed by atoms with Crippen molar-refractivity contribution in [3.05, 3.63) is 76.1 Å². The van der Waals surface area contributed by atoms with Crippen LogP contribution in [0.15, 0.2) is 59.2 Å². The van der Waals surface area contributed by atoms with Gasteiger partial charge in [-0.15, -0.1) is 0 Å². The molecule has 0 saturated carbocycles. The molecule has 0 aliphatic rings. The van der Waals surface area contributed by atoms with Crippen LogP contribution in [0.3, 0.4) is 0 Å². The van der Waals surface area contributed by atoms with E-state index in [2.05, 4.69) is 26.3 Å². The summed E-state index contributed by atoms with van der Waals surface area (Å²) in [6.07, 6.45) is 1.75. The summed E-state index contributed by atoms with van der Waals surface area (Å²) in [6.45, 7) is 0.466. The molecule has 0 unspecified atom stereocenters. The van der Waals surface area contributed by atoms with Crippen LogP contribution in [0.25, 0.3) is 0 Å². The van der Waals surface area contributed by atoms with E-state index in [1.165, 1.54) is 12.1 Å². The molecule has 1 amide bonds. The van der Waals surface area contributed by atoms with E-state index in [1.807, 2.05) is 0 Å². The zero-order valence-electron chi connectivity index (χ0n) is 13.4. The summed E-state index contributed by atoms with van der Waals surface area (Å²) >= 11 is 3.39. The number of aromatic nitrogens is 2. The first-order valence-corrected chi connectivity index (χ1v) is 8.27. The fourth-order valence-corrected chi connectivity index (χ4v) is 2.70. The zero-order valence-corrected chi connectivity index (χ0v) is 15.0. The second kappa shape index (κ2) is 7.48. The molecule has 0 bridgehead atoms. The lowest BCUT2D eigenvalue weighted by molar-refractivity contribution is 0.102. The van der Waals surface area contributed by atoms with Crippen molar-refractivity contribution in [3.8, 4) is 5.75 Å². The van der Waals surface area contributed by atoms with Crippen LogP contribution in [0.5, 0.6) is 5.75 Å². The number of carbonyl (C=O) groups excluding carboxylic acids is 1. The Morgan fingerprint density at radius 3 is 2.76 bits per heavy atom. The maximum atomic E-state index is 13.0. The fraction of sp³-hybridized carbons (Fsp3) is 0.111. The predicted molar refractivity (Wildman–Crippen MR) is 96.4 cm³/mol. The zero-order chi connectivity index (χ0) is 17.8. The van der Waals surface area contributed by atoms with Gasteiger partial charge >= 0.3 is 0 Å². The van der Waals surface area contributed by atoms with Crippen LogP contribution >= 0.6 is 15.9 Å². The van der Waals surface area contributed by atoms with E-state index in [1.54, 1.807) is 54.4 Å². The molecule has 1 N–H and O–H groups in total. The molecular weight excluding hydrogens is 389 g/mol. The molecule has 0 atom stereocenters. The van der Waals surface area contributed by atoms with Crippen molar-refractivity contribution in [2.45, 2.75) is 6.54 Å². The molecule has 2 aromatic carbocycles. The van der Waals surface area contributed by atoms with Crippen LogP contribution < -0.4 is 10.1 Å². The van der Waals surface area contributed by atoms with E-state index in [-0.39, 0.29) is 11.7 Å². The molecule has 3 rings (SSSR count). The Kier molecular flexibility index (Phi) is 5.14. The topological polar surface area (TPSA) is 56.1 Å². The second-order valence-electron chi connectivity index (χ2n) is 5.34. The number of hydrogen-bond acceptors (Lipinski definition) is 3. The van der Waals surface area contributed by atoms with Gasteiger partial charge in [-0.25, -0.2) is 4.39 Å². The molecule has 0 spiro atoms. The number of ether oxygens (including phenoxy) is 1. The summed E-state index contributed by atoms with van der Waals surface area (Å²) in [4.78, 5) is 12.4. The highest BCUT2D eigenvalue weighted by molar-refractivity contribution is 9.10. The highest BCUT2D eigenvalue weighted by atomic mass is 79.9. The number of hydrogen-bond donors (Lipinski definition) is 1. The van der Waals surface area contributed by atoms with Crippen molar-refractivity contribution in [1.29, 1.82) is 0 Å². The van der Waals surface area contributed by atoms with Crippen LogP contribution in [-0.4, -0.2) is 22.8 Å². The summed E-state index contributed by atoms with van der Waals surface area (Å²) in [5.74, 6) is 0.451. The minimum atomic E-state index is -0.286. The van der Waals surface area contributed by atoms with Crippen molar-refractivity contribution >= 4 is 27.7 Å². The average Bonchev–Trinajstić information content (AvgIpc) is 2.96. The predicted octanol–water partition coefficient (Wildman–Crippen LogP) is 4.09. The summed E-state index contributed by atoms with van der Waals surface area (Å²) in [5, 5.41) is 7.11. The van der Waals surface area contributed by atoms with Gasteiger partial charge in [0, 0.05) is 11.8 Å². The van der Waals surface area contributed by atoms with E-state index in [4.69, 9.17) is 4.74 Å². The third-order valence-electron chi connectivity index (χ3n) is 3.54. The van der Waals surface area contributed by atoms with Crippen LogP contribution in [0.1, 0.15) is 15.9 Å². The summed E-state index contributed by atoms with van der Waals surface area (Å²) in [5.41, 5.74) is 1.38. The van der Waals surface area contributed by atoms with E-state index in [9.17, 15) is 9.18 Å². The molecule has 0 aliphatic carbocycles. The van der Waals surface area contributed by atoms with Crippen molar-refractivity contribution in [3.63, 3.8) is 0 Å². The van der Waals surface area contributed by atoms with E-state index in [0.717, 1.165) is 5.56 Å². The second-order valence-corrected chi connectivity index (χ2v) is 6.19. The van der Waals surface area contributed by atoms with Crippen LogP contribution in [-0.2, 0) is 6.54 Å². The summed E-state index contributed by atoms with van der Waals surface area (Å²) in [7, 11) is 1.55. The lowest BCUT2D eigenvalue weighted by atomic mass is 10.2. The Morgan fingerprint density at radius 1 is 1.28 bits per heavy atom. The molecule has 1 aromatic heterocycles. The number of methoxy groups -OCH3 is 1. The molecule has 1 heterocycles. The Balaban J connectivity index is 1.73. The van der Waals surface area contributed by atoms with Crippen LogP contribution in [0, 0.1) is 5.82 Å². The minimum Gasteiger partial charge on any atom is -0.497 e. The molecule has 0 saturated heterocycles. The summed E-state index contributed by atoms with van der Waals surface area (Å²) in [6, 6.07) is 13.1. The van der Waals surface area contributed by atoms with Gasteiger partial charge in [0.05, 0.1) is 18.1 Å². The summed E-state index contributed by atoms with van der Waals surface area (Å²) < 4.78 is 20.4. The van der Waals surface area contributed by atoms with Crippen LogP contribution in [0.4, 0.5) is 10.2 Å². The van der Waals surface area contributed by atoms with Gasteiger partial charge in [-0.2, -0.15) is 5.10 Å². The number of nitrogens with zero attached hydrogens (tertiary/aromatic N) is 2. The van der Waals surface area contributed by atoms with Gasteiger partial charge < -0.3 is 10.1 Å². The first-order chi connectivity index (χ1) is 12.0. The molecule has 0 radical (unpaired) electrons. The van der Waals surface area contributed by atoms with Gasteiger partial charge in [0.15, 0.2) is 5.82 Å². The van der Waals surface area contributed by atoms with Gasteiger partial charge in [-0.3, -0.25) is 9.48 Å². The quantitative estimate of drug-likeness (QED) is 0.697. The SMILES string of the molecule is COc1cccc(C(=O)Nc2nn(Cc3ccc(F)cc3)cc2Br)c1. The molecule has 0 aliphatic heterocycles. The largest absolute Gasteiger partial charge is 0.497 e. The maximum absolute atomic E-state index is 13.0. The van der Waals surface area contributed by atoms with Crippen molar-refractivity contribution in [2.24, 2.45) is 0 Å². The Morgan fingerprint density at radius 2 is 2.04 bits per heavy atom. The highest BCUT2D eigenvalue weighted by Crippen LogP contribution is 2.22. The van der Waals surface area contributed by atoms with Gasteiger partial charge in [-0.05, 0) is 51.8 Å². The van der Waals surface area contributed by atoms with Gasteiger partial charge in [-0.1, -0.05) is 18.2 Å². The molecule has 128 valence electrons.